The lowest BCUT2D eigenvalue weighted by Crippen LogP contribution is -2.37. The Balaban J connectivity index is 2.00. The number of hydrogen-bond acceptors (Lipinski definition) is 3. The van der Waals surface area contributed by atoms with Gasteiger partial charge in [0.25, 0.3) is 0 Å². The SMILES string of the molecule is CC(C)CC(CO)NC1CCCc2occc21. The molecule has 0 saturated heterocycles. The molecule has 0 aromatic carbocycles. The first-order valence-corrected chi connectivity index (χ1v) is 6.64. The minimum atomic E-state index is 0.195. The molecule has 2 rings (SSSR count). The molecule has 0 spiro atoms. The lowest BCUT2D eigenvalue weighted by atomic mass is 9.92. The van der Waals surface area contributed by atoms with Gasteiger partial charge in [-0.1, -0.05) is 13.8 Å². The van der Waals surface area contributed by atoms with Crippen LogP contribution >= 0.6 is 0 Å². The lowest BCUT2D eigenvalue weighted by molar-refractivity contribution is 0.207. The Morgan fingerprint density at radius 3 is 3.06 bits per heavy atom. The molecule has 1 aliphatic rings. The number of fused-ring (bicyclic) bond motifs is 1. The lowest BCUT2D eigenvalue weighted by Gasteiger charge is -2.28. The molecule has 0 saturated carbocycles. The second-order valence-electron chi connectivity index (χ2n) is 5.42. The van der Waals surface area contributed by atoms with Gasteiger partial charge in [-0.25, -0.2) is 0 Å². The summed E-state index contributed by atoms with van der Waals surface area (Å²) in [7, 11) is 0. The number of aliphatic hydroxyl groups is 1. The fourth-order valence-corrected chi connectivity index (χ4v) is 2.71. The molecule has 3 heteroatoms. The standard InChI is InChI=1S/C14H23NO2/c1-10(2)8-11(9-16)15-13-4-3-5-14-12(13)6-7-17-14/h6-7,10-11,13,15-16H,3-5,8-9H2,1-2H3. The van der Waals surface area contributed by atoms with Crippen LogP contribution < -0.4 is 5.32 Å². The molecule has 1 heterocycles. The predicted octanol–water partition coefficient (Wildman–Crippen LogP) is 2.65. The molecule has 1 aliphatic carbocycles. The van der Waals surface area contributed by atoms with Crippen molar-refractivity contribution in [1.29, 1.82) is 0 Å². The molecule has 2 atom stereocenters. The maximum absolute atomic E-state index is 9.42. The third-order valence-electron chi connectivity index (χ3n) is 3.47. The van der Waals surface area contributed by atoms with E-state index in [9.17, 15) is 5.11 Å². The minimum absolute atomic E-state index is 0.195. The highest BCUT2D eigenvalue weighted by molar-refractivity contribution is 5.24. The van der Waals surface area contributed by atoms with Crippen molar-refractivity contribution >= 4 is 0 Å². The topological polar surface area (TPSA) is 45.4 Å². The van der Waals surface area contributed by atoms with Crippen LogP contribution in [-0.4, -0.2) is 17.8 Å². The van der Waals surface area contributed by atoms with Crippen LogP contribution in [0.3, 0.4) is 0 Å². The molecular weight excluding hydrogens is 214 g/mol. The molecule has 0 aliphatic heterocycles. The number of aryl methyl sites for hydroxylation is 1. The van der Waals surface area contributed by atoms with Gasteiger partial charge >= 0.3 is 0 Å². The first kappa shape index (κ1) is 12.7. The zero-order valence-electron chi connectivity index (χ0n) is 10.8. The smallest absolute Gasteiger partial charge is 0.108 e. The highest BCUT2D eigenvalue weighted by Crippen LogP contribution is 2.31. The van der Waals surface area contributed by atoms with E-state index in [0.717, 1.165) is 31.4 Å². The third-order valence-corrected chi connectivity index (χ3v) is 3.47. The summed E-state index contributed by atoms with van der Waals surface area (Å²) in [5, 5.41) is 13.0. The Hall–Kier alpha value is -0.800. The second-order valence-corrected chi connectivity index (χ2v) is 5.42. The molecule has 17 heavy (non-hydrogen) atoms. The maximum Gasteiger partial charge on any atom is 0.108 e. The minimum Gasteiger partial charge on any atom is -0.469 e. The monoisotopic (exact) mass is 237 g/mol. The average molecular weight is 237 g/mol. The Kier molecular flexibility index (Phi) is 4.24. The number of aliphatic hydroxyl groups excluding tert-OH is 1. The molecule has 3 nitrogen and oxygen atoms in total. The van der Waals surface area contributed by atoms with Crippen LogP contribution in [0.1, 0.15) is 50.5 Å². The van der Waals surface area contributed by atoms with E-state index in [1.165, 1.54) is 5.56 Å². The van der Waals surface area contributed by atoms with Crippen LogP contribution in [0.5, 0.6) is 0 Å². The Labute approximate surface area is 103 Å². The average Bonchev–Trinajstić information content (AvgIpc) is 2.76. The molecule has 1 aromatic heterocycles. The van der Waals surface area contributed by atoms with Crippen LogP contribution in [0.2, 0.25) is 0 Å². The van der Waals surface area contributed by atoms with Gasteiger partial charge in [-0.3, -0.25) is 0 Å². The summed E-state index contributed by atoms with van der Waals surface area (Å²) >= 11 is 0. The molecular formula is C14H23NO2. The molecule has 0 amide bonds. The Morgan fingerprint density at radius 1 is 1.53 bits per heavy atom. The third kappa shape index (κ3) is 3.11. The van der Waals surface area contributed by atoms with Gasteiger partial charge in [-0.05, 0) is 31.2 Å². The van der Waals surface area contributed by atoms with Crippen molar-refractivity contribution < 1.29 is 9.52 Å². The number of hydrogen-bond donors (Lipinski definition) is 2. The summed E-state index contributed by atoms with van der Waals surface area (Å²) in [6.45, 7) is 4.59. The highest BCUT2D eigenvalue weighted by Gasteiger charge is 2.24. The number of rotatable bonds is 5. The first-order chi connectivity index (χ1) is 8.20. The Bertz CT molecular complexity index is 346. The van der Waals surface area contributed by atoms with Gasteiger partial charge in [-0.2, -0.15) is 0 Å². The predicted molar refractivity (Wildman–Crippen MR) is 67.9 cm³/mol. The van der Waals surface area contributed by atoms with E-state index in [1.54, 1.807) is 6.26 Å². The van der Waals surface area contributed by atoms with E-state index < -0.39 is 0 Å². The van der Waals surface area contributed by atoms with Crippen molar-refractivity contribution in [1.82, 2.24) is 5.32 Å². The van der Waals surface area contributed by atoms with Crippen LogP contribution in [0.15, 0.2) is 16.7 Å². The summed E-state index contributed by atoms with van der Waals surface area (Å²) in [4.78, 5) is 0. The van der Waals surface area contributed by atoms with E-state index in [-0.39, 0.29) is 12.6 Å². The van der Waals surface area contributed by atoms with Crippen molar-refractivity contribution in [2.75, 3.05) is 6.61 Å². The van der Waals surface area contributed by atoms with Gasteiger partial charge in [-0.15, -0.1) is 0 Å². The van der Waals surface area contributed by atoms with E-state index >= 15 is 0 Å². The maximum atomic E-state index is 9.42. The van der Waals surface area contributed by atoms with Crippen molar-refractivity contribution in [2.24, 2.45) is 5.92 Å². The molecule has 0 fully saturated rings. The van der Waals surface area contributed by atoms with Gasteiger partial charge < -0.3 is 14.8 Å². The van der Waals surface area contributed by atoms with Crippen molar-refractivity contribution in [2.45, 2.75) is 51.6 Å². The first-order valence-electron chi connectivity index (χ1n) is 6.64. The van der Waals surface area contributed by atoms with Crippen LogP contribution in [0.4, 0.5) is 0 Å². The molecule has 2 unspecified atom stereocenters. The molecule has 96 valence electrons. The van der Waals surface area contributed by atoms with Gasteiger partial charge in [0.05, 0.1) is 12.9 Å². The van der Waals surface area contributed by atoms with Gasteiger partial charge in [0.2, 0.25) is 0 Å². The summed E-state index contributed by atoms with van der Waals surface area (Å²) in [5.74, 6) is 1.72. The normalized spacial score (nSPS) is 21.5. The van der Waals surface area contributed by atoms with Gasteiger partial charge in [0.1, 0.15) is 5.76 Å². The Morgan fingerprint density at radius 2 is 2.35 bits per heavy atom. The fraction of sp³-hybridized carbons (Fsp3) is 0.714. The van der Waals surface area contributed by atoms with E-state index in [4.69, 9.17) is 4.42 Å². The summed E-state index contributed by atoms with van der Waals surface area (Å²) in [6, 6.07) is 2.62. The summed E-state index contributed by atoms with van der Waals surface area (Å²) in [5.41, 5.74) is 1.29. The van der Waals surface area contributed by atoms with E-state index in [2.05, 4.69) is 25.2 Å². The molecule has 0 radical (unpaired) electrons. The van der Waals surface area contributed by atoms with E-state index in [0.29, 0.717) is 12.0 Å². The van der Waals surface area contributed by atoms with Crippen molar-refractivity contribution in [3.8, 4) is 0 Å². The van der Waals surface area contributed by atoms with Crippen LogP contribution in [0, 0.1) is 5.92 Å². The quantitative estimate of drug-likeness (QED) is 0.827. The van der Waals surface area contributed by atoms with Crippen molar-refractivity contribution in [3.05, 3.63) is 23.7 Å². The van der Waals surface area contributed by atoms with Gasteiger partial charge in [0.15, 0.2) is 0 Å². The van der Waals surface area contributed by atoms with E-state index in [1.807, 2.05) is 0 Å². The largest absolute Gasteiger partial charge is 0.469 e. The highest BCUT2D eigenvalue weighted by atomic mass is 16.3. The van der Waals surface area contributed by atoms with Crippen LogP contribution in [0.25, 0.3) is 0 Å². The number of nitrogens with one attached hydrogen (secondary N) is 1. The number of furan rings is 1. The van der Waals surface area contributed by atoms with Crippen LogP contribution in [-0.2, 0) is 6.42 Å². The van der Waals surface area contributed by atoms with Crippen molar-refractivity contribution in [3.63, 3.8) is 0 Å². The zero-order valence-corrected chi connectivity index (χ0v) is 10.8. The molecule has 2 N–H and O–H groups in total. The zero-order chi connectivity index (χ0) is 12.3. The second kappa shape index (κ2) is 5.69. The molecule has 1 aromatic rings. The summed E-state index contributed by atoms with van der Waals surface area (Å²) in [6.07, 6.45) is 6.15. The summed E-state index contributed by atoms with van der Waals surface area (Å²) < 4.78 is 5.48. The van der Waals surface area contributed by atoms with Gasteiger partial charge in [0, 0.05) is 24.1 Å². The fourth-order valence-electron chi connectivity index (χ4n) is 2.71. The molecule has 0 bridgehead atoms.